The number of benzene rings is 1. The summed E-state index contributed by atoms with van der Waals surface area (Å²) in [4.78, 5) is 4.78. The summed E-state index contributed by atoms with van der Waals surface area (Å²) in [7, 11) is 0. The zero-order valence-electron chi connectivity index (χ0n) is 9.58. The standard InChI is InChI=1S/C12H11F3N2S/c1-7-10(18-11(16)17-7)6-8-4-2-3-5-9(8)12(13,14)15/h2-5H,6H2,1H3,(H2,16,17). The van der Waals surface area contributed by atoms with Crippen LogP contribution in [0, 0.1) is 6.92 Å². The molecule has 0 fully saturated rings. The molecule has 2 aromatic rings. The van der Waals surface area contributed by atoms with Crippen molar-refractivity contribution in [1.29, 1.82) is 0 Å². The number of alkyl halides is 3. The molecule has 0 saturated heterocycles. The number of hydrogen-bond acceptors (Lipinski definition) is 3. The van der Waals surface area contributed by atoms with Crippen molar-refractivity contribution in [3.8, 4) is 0 Å². The molecule has 0 aliphatic heterocycles. The Morgan fingerprint density at radius 2 is 1.94 bits per heavy atom. The molecule has 1 aromatic carbocycles. The molecular formula is C12H11F3N2S. The third-order valence-electron chi connectivity index (χ3n) is 2.58. The molecule has 1 aromatic heterocycles. The molecule has 18 heavy (non-hydrogen) atoms. The third kappa shape index (κ3) is 2.64. The van der Waals surface area contributed by atoms with E-state index in [-0.39, 0.29) is 12.0 Å². The summed E-state index contributed by atoms with van der Waals surface area (Å²) < 4.78 is 38.5. The number of rotatable bonds is 2. The van der Waals surface area contributed by atoms with Gasteiger partial charge in [-0.1, -0.05) is 18.2 Å². The van der Waals surface area contributed by atoms with Crippen LogP contribution in [0.3, 0.4) is 0 Å². The predicted octanol–water partition coefficient (Wildman–Crippen LogP) is 3.64. The molecule has 1 heterocycles. The van der Waals surface area contributed by atoms with Gasteiger partial charge in [0.15, 0.2) is 5.13 Å². The fourth-order valence-corrected chi connectivity index (χ4v) is 2.59. The van der Waals surface area contributed by atoms with Gasteiger partial charge in [0, 0.05) is 11.3 Å². The summed E-state index contributed by atoms with van der Waals surface area (Å²) >= 11 is 1.23. The molecular weight excluding hydrogens is 261 g/mol. The van der Waals surface area contributed by atoms with Gasteiger partial charge >= 0.3 is 6.18 Å². The second-order valence-corrected chi connectivity index (χ2v) is 5.01. The summed E-state index contributed by atoms with van der Waals surface area (Å²) in [6.07, 6.45) is -4.13. The highest BCUT2D eigenvalue weighted by Gasteiger charge is 2.33. The molecule has 0 saturated carbocycles. The topological polar surface area (TPSA) is 38.9 Å². The maximum Gasteiger partial charge on any atom is 0.416 e. The van der Waals surface area contributed by atoms with E-state index in [4.69, 9.17) is 5.73 Å². The fourth-order valence-electron chi connectivity index (χ4n) is 1.74. The highest BCUT2D eigenvalue weighted by Crippen LogP contribution is 2.34. The lowest BCUT2D eigenvalue weighted by Crippen LogP contribution is -2.09. The highest BCUT2D eigenvalue weighted by atomic mass is 32.1. The van der Waals surface area contributed by atoms with E-state index >= 15 is 0 Å². The van der Waals surface area contributed by atoms with Crippen LogP contribution in [-0.2, 0) is 12.6 Å². The van der Waals surface area contributed by atoms with Crippen LogP contribution in [0.25, 0.3) is 0 Å². The van der Waals surface area contributed by atoms with Gasteiger partial charge in [0.2, 0.25) is 0 Å². The molecule has 2 N–H and O–H groups in total. The molecule has 0 bridgehead atoms. The molecule has 0 amide bonds. The Balaban J connectivity index is 2.38. The number of nitrogens with zero attached hydrogens (tertiary/aromatic N) is 1. The van der Waals surface area contributed by atoms with Crippen LogP contribution in [0.15, 0.2) is 24.3 Å². The van der Waals surface area contributed by atoms with Crippen molar-refractivity contribution in [1.82, 2.24) is 4.98 Å². The Labute approximate surface area is 106 Å². The SMILES string of the molecule is Cc1nc(N)sc1Cc1ccccc1C(F)(F)F. The zero-order valence-corrected chi connectivity index (χ0v) is 10.4. The number of hydrogen-bond donors (Lipinski definition) is 1. The lowest BCUT2D eigenvalue weighted by Gasteiger charge is -2.11. The quantitative estimate of drug-likeness (QED) is 0.906. The maximum atomic E-state index is 12.8. The molecule has 0 radical (unpaired) electrons. The van der Waals surface area contributed by atoms with Gasteiger partial charge in [-0.25, -0.2) is 4.98 Å². The van der Waals surface area contributed by atoms with Gasteiger partial charge in [-0.2, -0.15) is 13.2 Å². The molecule has 2 rings (SSSR count). The monoisotopic (exact) mass is 272 g/mol. The Morgan fingerprint density at radius 1 is 1.28 bits per heavy atom. The molecule has 2 nitrogen and oxygen atoms in total. The van der Waals surface area contributed by atoms with E-state index < -0.39 is 11.7 Å². The van der Waals surface area contributed by atoms with Gasteiger partial charge in [0.25, 0.3) is 0 Å². The van der Waals surface area contributed by atoms with Crippen LogP contribution in [0.1, 0.15) is 21.7 Å². The molecule has 0 unspecified atom stereocenters. The first-order valence-electron chi connectivity index (χ1n) is 5.25. The van der Waals surface area contributed by atoms with Crippen LogP contribution < -0.4 is 5.73 Å². The number of thiazole rings is 1. The normalized spacial score (nSPS) is 11.8. The first kappa shape index (κ1) is 12.9. The van der Waals surface area contributed by atoms with Gasteiger partial charge < -0.3 is 5.73 Å². The van der Waals surface area contributed by atoms with Crippen molar-refractivity contribution in [3.63, 3.8) is 0 Å². The van der Waals surface area contributed by atoms with E-state index in [1.54, 1.807) is 13.0 Å². The van der Waals surface area contributed by atoms with Crippen LogP contribution in [-0.4, -0.2) is 4.98 Å². The van der Waals surface area contributed by atoms with Gasteiger partial charge in [-0.3, -0.25) is 0 Å². The van der Waals surface area contributed by atoms with E-state index in [2.05, 4.69) is 4.98 Å². The highest BCUT2D eigenvalue weighted by molar-refractivity contribution is 7.15. The molecule has 6 heteroatoms. The van der Waals surface area contributed by atoms with Crippen molar-refractivity contribution < 1.29 is 13.2 Å². The average Bonchev–Trinajstić information content (AvgIpc) is 2.57. The van der Waals surface area contributed by atoms with Crippen molar-refractivity contribution in [2.24, 2.45) is 0 Å². The maximum absolute atomic E-state index is 12.8. The molecule has 0 spiro atoms. The number of aryl methyl sites for hydroxylation is 1. The zero-order chi connectivity index (χ0) is 13.3. The summed E-state index contributed by atoms with van der Waals surface area (Å²) in [5.74, 6) is 0. The second kappa shape index (κ2) is 4.61. The summed E-state index contributed by atoms with van der Waals surface area (Å²) in [5, 5.41) is 0.381. The average molecular weight is 272 g/mol. The largest absolute Gasteiger partial charge is 0.416 e. The second-order valence-electron chi connectivity index (χ2n) is 3.89. The predicted molar refractivity (Wildman–Crippen MR) is 65.5 cm³/mol. The molecule has 0 aliphatic carbocycles. The van der Waals surface area contributed by atoms with Gasteiger partial charge in [-0.05, 0) is 18.6 Å². The van der Waals surface area contributed by atoms with Crippen molar-refractivity contribution in [2.75, 3.05) is 5.73 Å². The Bertz CT molecular complexity index is 561. The van der Waals surface area contributed by atoms with Crippen LogP contribution >= 0.6 is 11.3 Å². The lowest BCUT2D eigenvalue weighted by atomic mass is 10.0. The fraction of sp³-hybridized carbons (Fsp3) is 0.250. The van der Waals surface area contributed by atoms with Crippen LogP contribution in [0.4, 0.5) is 18.3 Å². The lowest BCUT2D eigenvalue weighted by molar-refractivity contribution is -0.138. The Hall–Kier alpha value is -1.56. The summed E-state index contributed by atoms with van der Waals surface area (Å²) in [6, 6.07) is 5.57. The molecule has 96 valence electrons. The van der Waals surface area contributed by atoms with E-state index in [0.717, 1.165) is 10.9 Å². The van der Waals surface area contributed by atoms with Gasteiger partial charge in [-0.15, -0.1) is 11.3 Å². The minimum Gasteiger partial charge on any atom is -0.375 e. The molecule has 0 aliphatic rings. The number of nitrogen functional groups attached to an aromatic ring is 1. The van der Waals surface area contributed by atoms with E-state index in [0.29, 0.717) is 10.8 Å². The van der Waals surface area contributed by atoms with Gasteiger partial charge in [0.1, 0.15) is 0 Å². The van der Waals surface area contributed by atoms with Crippen molar-refractivity contribution >= 4 is 16.5 Å². The smallest absolute Gasteiger partial charge is 0.375 e. The Kier molecular flexibility index (Phi) is 3.30. The number of anilines is 1. The first-order chi connectivity index (χ1) is 8.38. The number of aromatic nitrogens is 1. The number of halogens is 3. The minimum atomic E-state index is -4.33. The first-order valence-corrected chi connectivity index (χ1v) is 6.06. The Morgan fingerprint density at radius 3 is 2.50 bits per heavy atom. The minimum absolute atomic E-state index is 0.205. The molecule has 0 atom stereocenters. The summed E-state index contributed by atoms with van der Waals surface area (Å²) in [5.41, 5.74) is 5.88. The van der Waals surface area contributed by atoms with E-state index in [9.17, 15) is 13.2 Å². The van der Waals surface area contributed by atoms with Crippen molar-refractivity contribution in [3.05, 3.63) is 46.0 Å². The summed E-state index contributed by atoms with van der Waals surface area (Å²) in [6.45, 7) is 1.75. The van der Waals surface area contributed by atoms with Crippen LogP contribution in [0.5, 0.6) is 0 Å². The van der Waals surface area contributed by atoms with Crippen molar-refractivity contribution in [2.45, 2.75) is 19.5 Å². The van der Waals surface area contributed by atoms with Gasteiger partial charge in [0.05, 0.1) is 11.3 Å². The van der Waals surface area contributed by atoms with E-state index in [1.165, 1.54) is 23.5 Å². The third-order valence-corrected chi connectivity index (χ3v) is 3.57. The van der Waals surface area contributed by atoms with E-state index in [1.807, 2.05) is 0 Å². The van der Waals surface area contributed by atoms with Crippen LogP contribution in [0.2, 0.25) is 0 Å². The number of nitrogens with two attached hydrogens (primary N) is 1.